The number of Topliss-reactive ketones (excluding diaryl/α,β-unsaturated/α-hetero) is 1. The number of ether oxygens (including phenoxy) is 2. The molecular formula is C22H27BrN2O3. The smallest absolute Gasteiger partial charge is 0.182 e. The quantitative estimate of drug-likeness (QED) is 0.589. The van der Waals surface area contributed by atoms with E-state index in [1.807, 2.05) is 35.2 Å². The van der Waals surface area contributed by atoms with Crippen molar-refractivity contribution in [3.8, 4) is 11.5 Å². The lowest BCUT2D eigenvalue weighted by molar-refractivity contribution is 0.100. The molecule has 2 aromatic carbocycles. The molecule has 0 fully saturated rings. The molecule has 1 aliphatic rings. The zero-order valence-electron chi connectivity index (χ0n) is 16.4. The van der Waals surface area contributed by atoms with Gasteiger partial charge in [-0.15, -0.1) is 17.0 Å². The molecule has 2 aromatic rings. The van der Waals surface area contributed by atoms with Crippen molar-refractivity contribution in [2.75, 3.05) is 32.2 Å². The molecule has 0 saturated carbocycles. The highest BCUT2D eigenvalue weighted by molar-refractivity contribution is 8.93. The number of rotatable bonds is 6. The Hall–Kier alpha value is -2.34. The predicted molar refractivity (Wildman–Crippen MR) is 119 cm³/mol. The van der Waals surface area contributed by atoms with Gasteiger partial charge >= 0.3 is 0 Å². The van der Waals surface area contributed by atoms with Gasteiger partial charge in [0.25, 0.3) is 0 Å². The first-order valence-electron chi connectivity index (χ1n) is 9.34. The van der Waals surface area contributed by atoms with E-state index in [-0.39, 0.29) is 29.3 Å². The normalized spacial score (nSPS) is 13.6. The van der Waals surface area contributed by atoms with Crippen molar-refractivity contribution in [1.29, 1.82) is 0 Å². The number of hydrogen-bond donors (Lipinski definition) is 0. The molecule has 6 heteroatoms. The van der Waals surface area contributed by atoms with Gasteiger partial charge < -0.3 is 14.4 Å². The lowest BCUT2D eigenvalue weighted by Crippen LogP contribution is -2.36. The van der Waals surface area contributed by atoms with Gasteiger partial charge in [-0.25, -0.2) is 0 Å². The summed E-state index contributed by atoms with van der Waals surface area (Å²) in [5.74, 6) is 2.18. The highest BCUT2D eigenvalue weighted by Crippen LogP contribution is 2.28. The summed E-state index contributed by atoms with van der Waals surface area (Å²) in [5, 5.41) is 0. The highest BCUT2D eigenvalue weighted by Gasteiger charge is 2.20. The Morgan fingerprint density at radius 3 is 2.46 bits per heavy atom. The van der Waals surface area contributed by atoms with Crippen molar-refractivity contribution in [3.63, 3.8) is 0 Å². The number of anilines is 1. The second-order valence-electron chi connectivity index (χ2n) is 6.52. The minimum absolute atomic E-state index is 0. The van der Waals surface area contributed by atoms with Gasteiger partial charge in [-0.2, -0.15) is 0 Å². The number of carbonyl (C=O) groups excluding carboxylic acids is 1. The van der Waals surface area contributed by atoms with Gasteiger partial charge in [-0.3, -0.25) is 9.79 Å². The number of para-hydroxylation sites is 1. The molecule has 0 amide bonds. The van der Waals surface area contributed by atoms with Crippen LogP contribution in [-0.4, -0.2) is 38.9 Å². The van der Waals surface area contributed by atoms with Gasteiger partial charge in [-0.1, -0.05) is 24.6 Å². The first kappa shape index (κ1) is 22.0. The molecule has 3 rings (SSSR count). The summed E-state index contributed by atoms with van der Waals surface area (Å²) in [6.07, 6.45) is 4.29. The topological polar surface area (TPSA) is 51.1 Å². The summed E-state index contributed by atoms with van der Waals surface area (Å²) in [7, 11) is 3.16. The lowest BCUT2D eigenvalue weighted by atomic mass is 10.1. The van der Waals surface area contributed by atoms with Crippen LogP contribution >= 0.6 is 17.0 Å². The number of ketones is 1. The summed E-state index contributed by atoms with van der Waals surface area (Å²) in [5.41, 5.74) is 1.59. The van der Waals surface area contributed by atoms with Crippen LogP contribution in [0, 0.1) is 0 Å². The molecule has 0 saturated heterocycles. The second-order valence-corrected chi connectivity index (χ2v) is 6.52. The number of benzene rings is 2. The maximum Gasteiger partial charge on any atom is 0.182 e. The fourth-order valence-electron chi connectivity index (χ4n) is 3.26. The van der Waals surface area contributed by atoms with Crippen LogP contribution in [0.25, 0.3) is 0 Å². The van der Waals surface area contributed by atoms with Gasteiger partial charge in [0.15, 0.2) is 17.3 Å². The Bertz CT molecular complexity index is 809. The van der Waals surface area contributed by atoms with Crippen molar-refractivity contribution in [3.05, 3.63) is 54.1 Å². The third-order valence-electron chi connectivity index (χ3n) is 4.74. The number of methoxy groups -OCH3 is 2. The van der Waals surface area contributed by atoms with Crippen molar-refractivity contribution in [1.82, 2.24) is 0 Å². The Morgan fingerprint density at radius 1 is 1.00 bits per heavy atom. The van der Waals surface area contributed by atoms with Crippen molar-refractivity contribution in [2.45, 2.75) is 25.7 Å². The molecule has 0 bridgehead atoms. The molecule has 1 heterocycles. The van der Waals surface area contributed by atoms with Gasteiger partial charge in [0.2, 0.25) is 0 Å². The van der Waals surface area contributed by atoms with E-state index < -0.39 is 0 Å². The summed E-state index contributed by atoms with van der Waals surface area (Å²) < 4.78 is 10.6. The standard InChI is InChI=1S/C22H26N2O3.BrH/c1-26-20-13-12-17(15-21(20)27-2)19(25)16-24(18-9-5-3-6-10-18)22-11-7-4-8-14-23-22;/h3,5-6,9-10,12-13,15H,4,7-8,11,14,16H2,1-2H3;1H. The van der Waals surface area contributed by atoms with Crippen LogP contribution in [-0.2, 0) is 0 Å². The fourth-order valence-corrected chi connectivity index (χ4v) is 3.26. The van der Waals surface area contributed by atoms with E-state index in [1.54, 1.807) is 32.4 Å². The van der Waals surface area contributed by atoms with Crippen LogP contribution in [0.3, 0.4) is 0 Å². The van der Waals surface area contributed by atoms with Crippen molar-refractivity contribution < 1.29 is 14.3 Å². The average Bonchev–Trinajstić information content (AvgIpc) is 3.01. The molecular weight excluding hydrogens is 420 g/mol. The zero-order chi connectivity index (χ0) is 19.1. The molecule has 0 aliphatic carbocycles. The molecule has 0 aromatic heterocycles. The van der Waals surface area contributed by atoms with Crippen LogP contribution in [0.2, 0.25) is 0 Å². The van der Waals surface area contributed by atoms with Gasteiger partial charge in [0.05, 0.1) is 20.8 Å². The molecule has 1 aliphatic heterocycles. The number of hydrogen-bond acceptors (Lipinski definition) is 5. The van der Waals surface area contributed by atoms with Gasteiger partial charge in [-0.05, 0) is 43.2 Å². The van der Waals surface area contributed by atoms with E-state index in [0.29, 0.717) is 17.1 Å². The zero-order valence-corrected chi connectivity index (χ0v) is 18.1. The molecule has 0 spiro atoms. The third kappa shape index (κ3) is 5.35. The first-order valence-corrected chi connectivity index (χ1v) is 9.34. The van der Waals surface area contributed by atoms with E-state index in [9.17, 15) is 4.79 Å². The van der Waals surface area contributed by atoms with Crippen LogP contribution in [0.5, 0.6) is 11.5 Å². The molecule has 5 nitrogen and oxygen atoms in total. The highest BCUT2D eigenvalue weighted by atomic mass is 79.9. The minimum atomic E-state index is 0. The number of aliphatic imine (C=N–C) groups is 1. The van der Waals surface area contributed by atoms with Crippen LogP contribution < -0.4 is 14.4 Å². The van der Waals surface area contributed by atoms with Crippen molar-refractivity contribution in [2.24, 2.45) is 4.99 Å². The van der Waals surface area contributed by atoms with Crippen molar-refractivity contribution >= 4 is 34.3 Å². The first-order chi connectivity index (χ1) is 13.2. The lowest BCUT2D eigenvalue weighted by Gasteiger charge is -2.25. The molecule has 0 atom stereocenters. The molecule has 150 valence electrons. The Balaban J connectivity index is 0.00000280. The Morgan fingerprint density at radius 2 is 1.75 bits per heavy atom. The number of halogens is 1. The second kappa shape index (κ2) is 10.9. The maximum atomic E-state index is 13.0. The van der Waals surface area contributed by atoms with E-state index in [1.165, 1.54) is 6.42 Å². The molecule has 28 heavy (non-hydrogen) atoms. The van der Waals surface area contributed by atoms with Crippen LogP contribution in [0.1, 0.15) is 36.0 Å². The third-order valence-corrected chi connectivity index (χ3v) is 4.74. The van der Waals surface area contributed by atoms with E-state index >= 15 is 0 Å². The van der Waals surface area contributed by atoms with E-state index in [2.05, 4.69) is 0 Å². The van der Waals surface area contributed by atoms with Crippen LogP contribution in [0.4, 0.5) is 5.69 Å². The summed E-state index contributed by atoms with van der Waals surface area (Å²) in [4.78, 5) is 19.8. The van der Waals surface area contributed by atoms with Gasteiger partial charge in [0.1, 0.15) is 5.84 Å². The average molecular weight is 447 g/mol. The summed E-state index contributed by atoms with van der Waals surface area (Å²) >= 11 is 0. The minimum Gasteiger partial charge on any atom is -0.493 e. The van der Waals surface area contributed by atoms with E-state index in [0.717, 1.165) is 37.3 Å². The SMILES string of the molecule is Br.COc1ccc(C(=O)CN(C2=NCCCCC2)c2ccccc2)cc1OC. The fraction of sp³-hybridized carbons (Fsp3) is 0.364. The number of nitrogens with zero attached hydrogens (tertiary/aromatic N) is 2. The summed E-state index contributed by atoms with van der Waals surface area (Å²) in [6.45, 7) is 1.07. The molecule has 0 unspecified atom stereocenters. The molecule has 0 radical (unpaired) electrons. The monoisotopic (exact) mass is 446 g/mol. The number of carbonyl (C=O) groups is 1. The van der Waals surface area contributed by atoms with Gasteiger partial charge in [0, 0.05) is 24.2 Å². The Kier molecular flexibility index (Phi) is 8.51. The summed E-state index contributed by atoms with van der Waals surface area (Å²) in [6, 6.07) is 15.3. The maximum absolute atomic E-state index is 13.0. The predicted octanol–water partition coefficient (Wildman–Crippen LogP) is 4.94. The number of amidine groups is 1. The van der Waals surface area contributed by atoms with Crippen LogP contribution in [0.15, 0.2) is 53.5 Å². The Labute approximate surface area is 177 Å². The van der Waals surface area contributed by atoms with E-state index in [4.69, 9.17) is 14.5 Å². The molecule has 0 N–H and O–H groups in total. The largest absolute Gasteiger partial charge is 0.493 e.